The van der Waals surface area contributed by atoms with E-state index in [0.29, 0.717) is 6.61 Å². The number of aliphatic carboxylic acids is 1. The van der Waals surface area contributed by atoms with Gasteiger partial charge in [0.05, 0.1) is 7.11 Å². The van der Waals surface area contributed by atoms with Crippen molar-refractivity contribution in [1.82, 2.24) is 0 Å². The van der Waals surface area contributed by atoms with Crippen LogP contribution >= 0.6 is 0 Å². The van der Waals surface area contributed by atoms with Crippen molar-refractivity contribution >= 4 is 17.3 Å². The van der Waals surface area contributed by atoms with Crippen molar-refractivity contribution < 1.29 is 39.3 Å². The van der Waals surface area contributed by atoms with Gasteiger partial charge in [-0.2, -0.15) is 4.21 Å². The Balaban J connectivity index is 0. The molecule has 0 rings (SSSR count). The van der Waals surface area contributed by atoms with Gasteiger partial charge in [0, 0.05) is 16.8 Å². The summed E-state index contributed by atoms with van der Waals surface area (Å²) in [7, 11) is 1.13. The smallest absolute Gasteiger partial charge is 0.337 e. The topological polar surface area (TPSA) is 72.8 Å². The van der Waals surface area contributed by atoms with Crippen molar-refractivity contribution in [1.29, 1.82) is 0 Å². The molecule has 0 heterocycles. The minimum Gasteiger partial charge on any atom is -0.479 e. The SMILES string of the molecule is COS(=O)O[CH]C(=O)O.[Co]. The summed E-state index contributed by atoms with van der Waals surface area (Å²) in [6, 6.07) is 0. The minimum absolute atomic E-state index is 0. The molecule has 0 aromatic carbocycles. The summed E-state index contributed by atoms with van der Waals surface area (Å²) >= 11 is -1.98. The quantitative estimate of drug-likeness (QED) is 0.678. The summed E-state index contributed by atoms with van der Waals surface area (Å²) in [5.74, 6) is -1.31. The van der Waals surface area contributed by atoms with E-state index in [9.17, 15) is 9.00 Å². The molecule has 0 spiro atoms. The van der Waals surface area contributed by atoms with E-state index in [1.807, 2.05) is 0 Å². The molecule has 62 valence electrons. The van der Waals surface area contributed by atoms with E-state index in [0.717, 1.165) is 7.11 Å². The molecule has 0 aromatic rings. The first-order valence-electron chi connectivity index (χ1n) is 1.86. The maximum absolute atomic E-state index is 10.1. The van der Waals surface area contributed by atoms with E-state index in [1.54, 1.807) is 0 Å². The molecule has 0 saturated heterocycles. The fraction of sp³-hybridized carbons (Fsp3) is 0.333. The van der Waals surface area contributed by atoms with E-state index >= 15 is 0 Å². The number of carbonyl (C=O) groups is 1. The zero-order chi connectivity index (χ0) is 7.28. The van der Waals surface area contributed by atoms with Crippen molar-refractivity contribution in [2.24, 2.45) is 0 Å². The van der Waals surface area contributed by atoms with Crippen LogP contribution < -0.4 is 0 Å². The second-order valence-corrected chi connectivity index (χ2v) is 1.86. The number of hydrogen-bond acceptors (Lipinski definition) is 4. The monoisotopic (exact) mass is 212 g/mol. The summed E-state index contributed by atoms with van der Waals surface area (Å²) in [4.78, 5) is 9.65. The van der Waals surface area contributed by atoms with Gasteiger partial charge in [-0.3, -0.25) is 4.18 Å². The molecule has 1 N–H and O–H groups in total. The molecule has 7 heteroatoms. The van der Waals surface area contributed by atoms with Crippen LogP contribution in [0.4, 0.5) is 0 Å². The summed E-state index contributed by atoms with van der Waals surface area (Å²) in [5.41, 5.74) is 0. The molecular weight excluding hydrogens is 207 g/mol. The van der Waals surface area contributed by atoms with E-state index in [4.69, 9.17) is 5.11 Å². The largest absolute Gasteiger partial charge is 0.479 e. The van der Waals surface area contributed by atoms with E-state index in [-0.39, 0.29) is 16.8 Å². The molecule has 0 bridgehead atoms. The standard InChI is InChI=1S/C3H5O5S.Co/c1-7-9(6)8-2-3(4)5;/h2H,1H3,(H,4,5);. The Morgan fingerprint density at radius 2 is 2.20 bits per heavy atom. The normalized spacial score (nSPS) is 11.7. The van der Waals surface area contributed by atoms with Gasteiger partial charge in [-0.25, -0.2) is 8.98 Å². The molecular formula is C3H5CoO5S. The van der Waals surface area contributed by atoms with Crippen LogP contribution in [0.5, 0.6) is 0 Å². The Labute approximate surface area is 70.8 Å². The molecule has 5 nitrogen and oxygen atoms in total. The average molecular weight is 212 g/mol. The molecule has 1 atom stereocenters. The molecule has 0 saturated carbocycles. The number of carboxylic acids is 1. The van der Waals surface area contributed by atoms with Gasteiger partial charge in [0.15, 0.2) is 0 Å². The van der Waals surface area contributed by atoms with Crippen LogP contribution in [0.15, 0.2) is 0 Å². The van der Waals surface area contributed by atoms with Crippen molar-refractivity contribution in [3.63, 3.8) is 0 Å². The summed E-state index contributed by atoms with van der Waals surface area (Å²) in [6.07, 6.45) is 0. The van der Waals surface area contributed by atoms with Crippen molar-refractivity contribution in [2.75, 3.05) is 7.11 Å². The van der Waals surface area contributed by atoms with Crippen LogP contribution in [0.2, 0.25) is 0 Å². The Morgan fingerprint density at radius 1 is 1.70 bits per heavy atom. The van der Waals surface area contributed by atoms with Crippen LogP contribution in [-0.4, -0.2) is 22.4 Å². The summed E-state index contributed by atoms with van der Waals surface area (Å²) in [6.45, 7) is 0.389. The predicted octanol–water partition coefficient (Wildman–Crippen LogP) is -0.528. The number of hydrogen-bond donors (Lipinski definition) is 1. The van der Waals surface area contributed by atoms with Crippen LogP contribution in [0.25, 0.3) is 0 Å². The zero-order valence-corrected chi connectivity index (χ0v) is 6.76. The van der Waals surface area contributed by atoms with Crippen molar-refractivity contribution in [3.05, 3.63) is 6.61 Å². The van der Waals surface area contributed by atoms with Crippen LogP contribution in [-0.2, 0) is 41.3 Å². The number of rotatable bonds is 4. The van der Waals surface area contributed by atoms with E-state index < -0.39 is 17.3 Å². The first-order valence-corrected chi connectivity index (χ1v) is 2.86. The number of carboxylic acid groups (broad SMARTS) is 1. The Bertz CT molecular complexity index is 126. The maximum Gasteiger partial charge on any atom is 0.337 e. The maximum atomic E-state index is 10.1. The first-order chi connectivity index (χ1) is 4.16. The third-order valence-electron chi connectivity index (χ3n) is 0.364. The molecule has 0 aliphatic carbocycles. The molecule has 0 aliphatic rings. The second-order valence-electron chi connectivity index (χ2n) is 0.923. The average Bonchev–Trinajstić information content (AvgIpc) is 1.83. The first kappa shape index (κ1) is 12.7. The van der Waals surface area contributed by atoms with Gasteiger partial charge >= 0.3 is 17.3 Å². The molecule has 0 fully saturated rings. The fourth-order valence-corrected chi connectivity index (χ4v) is 0.359. The van der Waals surface area contributed by atoms with Crippen LogP contribution in [0.1, 0.15) is 0 Å². The van der Waals surface area contributed by atoms with Crippen LogP contribution in [0.3, 0.4) is 0 Å². The molecule has 2 radical (unpaired) electrons. The predicted molar refractivity (Wildman–Crippen MR) is 28.2 cm³/mol. The minimum atomic E-state index is -1.98. The van der Waals surface area contributed by atoms with Crippen LogP contribution in [0, 0.1) is 6.61 Å². The Kier molecular flexibility index (Phi) is 9.09. The molecule has 0 amide bonds. The summed E-state index contributed by atoms with van der Waals surface area (Å²) < 4.78 is 18.1. The fourth-order valence-electron chi connectivity index (χ4n) is 0.120. The molecule has 0 aliphatic heterocycles. The van der Waals surface area contributed by atoms with Gasteiger partial charge in [0.2, 0.25) is 6.61 Å². The van der Waals surface area contributed by atoms with Crippen molar-refractivity contribution in [3.8, 4) is 0 Å². The summed E-state index contributed by atoms with van der Waals surface area (Å²) in [5, 5.41) is 7.89. The molecule has 10 heavy (non-hydrogen) atoms. The van der Waals surface area contributed by atoms with Gasteiger partial charge < -0.3 is 5.11 Å². The van der Waals surface area contributed by atoms with Gasteiger partial charge in [0.1, 0.15) is 0 Å². The van der Waals surface area contributed by atoms with Gasteiger partial charge in [0.25, 0.3) is 0 Å². The molecule has 1 unspecified atom stereocenters. The third kappa shape index (κ3) is 8.05. The second kappa shape index (κ2) is 7.16. The van der Waals surface area contributed by atoms with Gasteiger partial charge in [-0.1, -0.05) is 0 Å². The van der Waals surface area contributed by atoms with Crippen molar-refractivity contribution in [2.45, 2.75) is 0 Å². The van der Waals surface area contributed by atoms with Gasteiger partial charge in [-0.15, -0.1) is 0 Å². The Hall–Kier alpha value is 0.0465. The Morgan fingerprint density at radius 3 is 2.50 bits per heavy atom. The van der Waals surface area contributed by atoms with E-state index in [1.165, 1.54) is 0 Å². The van der Waals surface area contributed by atoms with E-state index in [2.05, 4.69) is 8.37 Å². The van der Waals surface area contributed by atoms with Gasteiger partial charge in [-0.05, 0) is 0 Å². The molecule has 0 aromatic heterocycles. The third-order valence-corrected chi connectivity index (χ3v) is 0.889. The zero-order valence-electron chi connectivity index (χ0n) is 4.90.